The molecule has 0 saturated heterocycles. The van der Waals surface area contributed by atoms with Crippen molar-refractivity contribution in [2.24, 2.45) is 0 Å². The molecule has 0 aromatic heterocycles. The largest absolute Gasteiger partial charge is 0.504 e. The molecule has 4 nitrogen and oxygen atoms in total. The molecule has 0 atom stereocenters. The SMILES string of the molecule is COc1cc(Cl)c(C)cc1NCc1cccc(OC)c1O. The third kappa shape index (κ3) is 3.34. The van der Waals surface area contributed by atoms with Crippen molar-refractivity contribution >= 4 is 17.3 Å². The number of para-hydroxylation sites is 1. The molecular formula is C16H18ClNO3. The van der Waals surface area contributed by atoms with Crippen LogP contribution in [0.3, 0.4) is 0 Å². The van der Waals surface area contributed by atoms with Crippen LogP contribution in [0.15, 0.2) is 30.3 Å². The second-order valence-corrected chi connectivity index (χ2v) is 5.03. The maximum atomic E-state index is 10.1. The molecule has 0 aliphatic heterocycles. The Kier molecular flexibility index (Phi) is 4.81. The van der Waals surface area contributed by atoms with Gasteiger partial charge in [-0.2, -0.15) is 0 Å². The van der Waals surface area contributed by atoms with Crippen LogP contribution in [0.2, 0.25) is 5.02 Å². The van der Waals surface area contributed by atoms with Crippen molar-refractivity contribution in [3.8, 4) is 17.2 Å². The van der Waals surface area contributed by atoms with Crippen molar-refractivity contribution in [3.63, 3.8) is 0 Å². The Morgan fingerprint density at radius 1 is 1.14 bits per heavy atom. The van der Waals surface area contributed by atoms with Gasteiger partial charge in [0.15, 0.2) is 11.5 Å². The molecule has 0 heterocycles. The molecule has 0 aliphatic rings. The molecular weight excluding hydrogens is 290 g/mol. The minimum Gasteiger partial charge on any atom is -0.504 e. The number of ether oxygens (including phenoxy) is 2. The summed E-state index contributed by atoms with van der Waals surface area (Å²) in [6.45, 7) is 2.37. The van der Waals surface area contributed by atoms with Crippen LogP contribution in [0.1, 0.15) is 11.1 Å². The summed E-state index contributed by atoms with van der Waals surface area (Å²) in [6, 6.07) is 9.06. The van der Waals surface area contributed by atoms with Crippen molar-refractivity contribution in [2.45, 2.75) is 13.5 Å². The molecule has 2 aromatic rings. The van der Waals surface area contributed by atoms with Gasteiger partial charge in [-0.1, -0.05) is 23.7 Å². The van der Waals surface area contributed by atoms with Gasteiger partial charge < -0.3 is 19.9 Å². The minimum atomic E-state index is 0.136. The average molecular weight is 308 g/mol. The summed E-state index contributed by atoms with van der Waals surface area (Å²) < 4.78 is 10.4. The van der Waals surface area contributed by atoms with E-state index in [1.54, 1.807) is 19.2 Å². The van der Waals surface area contributed by atoms with Crippen molar-refractivity contribution in [1.82, 2.24) is 0 Å². The van der Waals surface area contributed by atoms with Crippen LogP contribution in [0.5, 0.6) is 17.2 Å². The minimum absolute atomic E-state index is 0.136. The van der Waals surface area contributed by atoms with Crippen molar-refractivity contribution in [1.29, 1.82) is 0 Å². The van der Waals surface area contributed by atoms with Crippen LogP contribution < -0.4 is 14.8 Å². The Hall–Kier alpha value is -2.07. The van der Waals surface area contributed by atoms with Gasteiger partial charge >= 0.3 is 0 Å². The molecule has 0 amide bonds. The fourth-order valence-corrected chi connectivity index (χ4v) is 2.19. The van der Waals surface area contributed by atoms with Crippen molar-refractivity contribution in [3.05, 3.63) is 46.5 Å². The van der Waals surface area contributed by atoms with E-state index in [0.29, 0.717) is 23.1 Å². The van der Waals surface area contributed by atoms with Gasteiger partial charge in [0.1, 0.15) is 5.75 Å². The third-order valence-electron chi connectivity index (χ3n) is 3.25. The second kappa shape index (κ2) is 6.59. The van der Waals surface area contributed by atoms with E-state index >= 15 is 0 Å². The number of rotatable bonds is 5. The number of nitrogens with one attached hydrogen (secondary N) is 1. The highest BCUT2D eigenvalue weighted by Gasteiger charge is 2.10. The first kappa shape index (κ1) is 15.3. The van der Waals surface area contributed by atoms with Crippen molar-refractivity contribution in [2.75, 3.05) is 19.5 Å². The molecule has 0 bridgehead atoms. The summed E-state index contributed by atoms with van der Waals surface area (Å²) in [7, 11) is 3.12. The molecule has 0 saturated carbocycles. The van der Waals surface area contributed by atoms with Crippen LogP contribution in [0.25, 0.3) is 0 Å². The zero-order valence-electron chi connectivity index (χ0n) is 12.2. The second-order valence-electron chi connectivity index (χ2n) is 4.62. The fraction of sp³-hybridized carbons (Fsp3) is 0.250. The summed E-state index contributed by atoms with van der Waals surface area (Å²) >= 11 is 6.08. The van der Waals surface area contributed by atoms with E-state index in [1.165, 1.54) is 7.11 Å². The molecule has 2 rings (SSSR count). The quantitative estimate of drug-likeness (QED) is 0.877. The molecule has 5 heteroatoms. The highest BCUT2D eigenvalue weighted by Crippen LogP contribution is 2.33. The third-order valence-corrected chi connectivity index (χ3v) is 3.66. The maximum Gasteiger partial charge on any atom is 0.162 e. The van der Waals surface area contributed by atoms with Crippen LogP contribution in [0, 0.1) is 6.92 Å². The summed E-state index contributed by atoms with van der Waals surface area (Å²) in [6.07, 6.45) is 0. The lowest BCUT2D eigenvalue weighted by molar-refractivity contribution is 0.371. The molecule has 0 aliphatic carbocycles. The number of phenolic OH excluding ortho intramolecular Hbond substituents is 1. The first-order chi connectivity index (χ1) is 10.1. The maximum absolute atomic E-state index is 10.1. The lowest BCUT2D eigenvalue weighted by atomic mass is 10.1. The molecule has 0 spiro atoms. The van der Waals surface area contributed by atoms with Gasteiger partial charge in [0, 0.05) is 23.2 Å². The average Bonchev–Trinajstić information content (AvgIpc) is 2.49. The summed E-state index contributed by atoms with van der Waals surface area (Å²) in [4.78, 5) is 0. The van der Waals surface area contributed by atoms with Gasteiger partial charge in [-0.05, 0) is 24.6 Å². The normalized spacial score (nSPS) is 10.3. The highest BCUT2D eigenvalue weighted by atomic mass is 35.5. The Labute approximate surface area is 129 Å². The monoisotopic (exact) mass is 307 g/mol. The van der Waals surface area contributed by atoms with Gasteiger partial charge in [-0.3, -0.25) is 0 Å². The van der Waals surface area contributed by atoms with Crippen molar-refractivity contribution < 1.29 is 14.6 Å². The molecule has 0 fully saturated rings. The van der Waals surface area contributed by atoms with E-state index in [9.17, 15) is 5.11 Å². The zero-order valence-corrected chi connectivity index (χ0v) is 13.0. The van der Waals surface area contributed by atoms with Gasteiger partial charge in [0.2, 0.25) is 0 Å². The molecule has 0 unspecified atom stereocenters. The number of benzene rings is 2. The van der Waals surface area contributed by atoms with E-state index in [1.807, 2.05) is 25.1 Å². The summed E-state index contributed by atoms with van der Waals surface area (Å²) in [5, 5.41) is 14.0. The lowest BCUT2D eigenvalue weighted by Crippen LogP contribution is -2.02. The number of aromatic hydroxyl groups is 1. The van der Waals surface area contributed by atoms with Gasteiger partial charge in [0.25, 0.3) is 0 Å². The van der Waals surface area contributed by atoms with Crippen LogP contribution in [-0.4, -0.2) is 19.3 Å². The molecule has 2 aromatic carbocycles. The van der Waals surface area contributed by atoms with E-state index in [4.69, 9.17) is 21.1 Å². The molecule has 21 heavy (non-hydrogen) atoms. The van der Waals surface area contributed by atoms with E-state index in [0.717, 1.165) is 16.8 Å². The van der Waals surface area contributed by atoms with Gasteiger partial charge in [-0.25, -0.2) is 0 Å². The Morgan fingerprint density at radius 2 is 1.86 bits per heavy atom. The van der Waals surface area contributed by atoms with E-state index in [-0.39, 0.29) is 5.75 Å². The van der Waals surface area contributed by atoms with Gasteiger partial charge in [0.05, 0.1) is 19.9 Å². The summed E-state index contributed by atoms with van der Waals surface area (Å²) in [5.74, 6) is 1.25. The number of methoxy groups -OCH3 is 2. The zero-order chi connectivity index (χ0) is 15.4. The first-order valence-electron chi connectivity index (χ1n) is 6.49. The summed E-state index contributed by atoms with van der Waals surface area (Å²) in [5.41, 5.74) is 2.51. The molecule has 112 valence electrons. The molecule has 0 radical (unpaired) electrons. The Bertz CT molecular complexity index is 644. The van der Waals surface area contributed by atoms with Crippen LogP contribution in [-0.2, 0) is 6.54 Å². The smallest absolute Gasteiger partial charge is 0.162 e. The van der Waals surface area contributed by atoms with Gasteiger partial charge in [-0.15, -0.1) is 0 Å². The fourth-order valence-electron chi connectivity index (χ4n) is 2.04. The van der Waals surface area contributed by atoms with Crippen LogP contribution >= 0.6 is 11.6 Å². The van der Waals surface area contributed by atoms with E-state index in [2.05, 4.69) is 5.32 Å². The van der Waals surface area contributed by atoms with E-state index < -0.39 is 0 Å². The number of hydrogen-bond donors (Lipinski definition) is 2. The topological polar surface area (TPSA) is 50.7 Å². The lowest BCUT2D eigenvalue weighted by Gasteiger charge is -2.14. The standard InChI is InChI=1S/C16H18ClNO3/c1-10-7-13(15(21-3)8-12(10)17)18-9-11-5-4-6-14(20-2)16(11)19/h4-8,18-19H,9H2,1-3H3. The molecule has 2 N–H and O–H groups in total. The number of phenols is 1. The Morgan fingerprint density at radius 3 is 2.52 bits per heavy atom. The number of anilines is 1. The predicted octanol–water partition coefficient (Wildman–Crippen LogP) is 3.98. The highest BCUT2D eigenvalue weighted by molar-refractivity contribution is 6.31. The number of aryl methyl sites for hydroxylation is 1. The predicted molar refractivity (Wildman–Crippen MR) is 84.7 cm³/mol. The number of hydrogen-bond acceptors (Lipinski definition) is 4. The first-order valence-corrected chi connectivity index (χ1v) is 6.87. The van der Waals surface area contributed by atoms with Crippen LogP contribution in [0.4, 0.5) is 5.69 Å². The number of halogens is 1. The Balaban J connectivity index is 2.22.